The van der Waals surface area contributed by atoms with Crippen LogP contribution in [-0.2, 0) is 0 Å². The topological polar surface area (TPSA) is 23.4 Å². The summed E-state index contributed by atoms with van der Waals surface area (Å²) < 4.78 is 15.1. The van der Waals surface area contributed by atoms with Gasteiger partial charge < -0.3 is 14.0 Å². The number of benzene rings is 6. The average molecular weight is 476 g/mol. The van der Waals surface area contributed by atoms with Crippen LogP contribution in [0.15, 0.2) is 127 Å². The van der Waals surface area contributed by atoms with Gasteiger partial charge in [0.05, 0.1) is 16.4 Å². The van der Waals surface area contributed by atoms with Crippen molar-refractivity contribution >= 4 is 32.6 Å². The number of hydrogen-bond acceptors (Lipinski definition) is 2. The molecule has 0 atom stereocenters. The number of hydrogen-bond donors (Lipinski definition) is 0. The predicted octanol–water partition coefficient (Wildman–Crippen LogP) is 9.50. The summed E-state index contributed by atoms with van der Waals surface area (Å²) in [7, 11) is 0. The van der Waals surface area contributed by atoms with E-state index >= 15 is 0 Å². The van der Waals surface area contributed by atoms with E-state index in [-0.39, 0.29) is 0 Å². The molecule has 0 saturated heterocycles. The third kappa shape index (κ3) is 3.08. The molecule has 0 radical (unpaired) electrons. The van der Waals surface area contributed by atoms with Gasteiger partial charge in [-0.05, 0) is 70.4 Å². The van der Waals surface area contributed by atoms with Crippen molar-refractivity contribution < 1.29 is 9.47 Å². The molecular formula is C34H21NO2. The van der Waals surface area contributed by atoms with Gasteiger partial charge in [-0.1, -0.05) is 78.9 Å². The summed E-state index contributed by atoms with van der Waals surface area (Å²) in [5.41, 5.74) is 5.67. The van der Waals surface area contributed by atoms with E-state index in [2.05, 4.69) is 95.6 Å². The van der Waals surface area contributed by atoms with Gasteiger partial charge in [0.1, 0.15) is 0 Å². The number of para-hydroxylation sites is 2. The second-order valence-corrected chi connectivity index (χ2v) is 9.40. The van der Waals surface area contributed by atoms with E-state index in [1.165, 1.54) is 21.9 Å². The van der Waals surface area contributed by atoms with Crippen LogP contribution in [0.25, 0.3) is 49.4 Å². The van der Waals surface area contributed by atoms with Crippen LogP contribution in [0.4, 0.5) is 0 Å². The van der Waals surface area contributed by atoms with E-state index in [1.54, 1.807) is 0 Å². The first kappa shape index (κ1) is 20.2. The molecule has 2 heterocycles. The number of rotatable bonds is 2. The Morgan fingerprint density at radius 3 is 2.05 bits per heavy atom. The Labute approximate surface area is 213 Å². The molecule has 0 saturated carbocycles. The molecule has 0 unspecified atom stereocenters. The second kappa shape index (κ2) is 7.74. The minimum atomic E-state index is 0.730. The zero-order valence-corrected chi connectivity index (χ0v) is 19.9. The van der Waals surface area contributed by atoms with Crippen molar-refractivity contribution in [2.75, 3.05) is 0 Å². The number of fused-ring (bicyclic) bond motifs is 7. The SMILES string of the molecule is c1ccc(-c2ccc3c(c2)c2c4c(ccc2n3-c2ccc3ccccc3c2)Oc2ccccc2O4)cc1. The first-order valence-corrected chi connectivity index (χ1v) is 12.4. The lowest BCUT2D eigenvalue weighted by Gasteiger charge is -2.21. The van der Waals surface area contributed by atoms with Gasteiger partial charge in [-0.25, -0.2) is 0 Å². The lowest BCUT2D eigenvalue weighted by atomic mass is 10.0. The monoisotopic (exact) mass is 475 g/mol. The van der Waals surface area contributed by atoms with Crippen molar-refractivity contribution in [2.45, 2.75) is 0 Å². The van der Waals surface area contributed by atoms with Crippen molar-refractivity contribution in [1.29, 1.82) is 0 Å². The molecular weight excluding hydrogens is 454 g/mol. The summed E-state index contributed by atoms with van der Waals surface area (Å²) in [6.07, 6.45) is 0. The predicted molar refractivity (Wildman–Crippen MR) is 150 cm³/mol. The van der Waals surface area contributed by atoms with Gasteiger partial charge in [0, 0.05) is 11.1 Å². The average Bonchev–Trinajstić information content (AvgIpc) is 3.30. The van der Waals surface area contributed by atoms with Crippen molar-refractivity contribution in [1.82, 2.24) is 4.57 Å². The lowest BCUT2D eigenvalue weighted by Crippen LogP contribution is -1.99. The summed E-state index contributed by atoms with van der Waals surface area (Å²) in [6, 6.07) is 44.3. The molecule has 0 N–H and O–H groups in total. The molecule has 6 aromatic carbocycles. The molecule has 3 heteroatoms. The molecule has 1 aliphatic heterocycles. The van der Waals surface area contributed by atoms with E-state index < -0.39 is 0 Å². The van der Waals surface area contributed by atoms with Gasteiger partial charge in [-0.3, -0.25) is 0 Å². The maximum atomic E-state index is 6.53. The molecule has 37 heavy (non-hydrogen) atoms. The van der Waals surface area contributed by atoms with Gasteiger partial charge in [0.15, 0.2) is 23.0 Å². The summed E-state index contributed by atoms with van der Waals surface area (Å²) in [4.78, 5) is 0. The summed E-state index contributed by atoms with van der Waals surface area (Å²) in [6.45, 7) is 0. The molecule has 1 aliphatic rings. The molecule has 0 bridgehead atoms. The number of ether oxygens (including phenoxy) is 2. The van der Waals surface area contributed by atoms with Crippen molar-refractivity contribution in [2.24, 2.45) is 0 Å². The van der Waals surface area contributed by atoms with E-state index in [1.807, 2.05) is 36.4 Å². The highest BCUT2D eigenvalue weighted by molar-refractivity contribution is 6.14. The second-order valence-electron chi connectivity index (χ2n) is 9.40. The largest absolute Gasteiger partial charge is 0.449 e. The van der Waals surface area contributed by atoms with Crippen LogP contribution in [0.3, 0.4) is 0 Å². The van der Waals surface area contributed by atoms with Crippen LogP contribution in [-0.4, -0.2) is 4.57 Å². The Bertz CT molecular complexity index is 1990. The molecule has 1 aromatic heterocycles. The Balaban J connectivity index is 1.45. The normalized spacial score (nSPS) is 12.2. The Morgan fingerprint density at radius 1 is 0.459 bits per heavy atom. The Hall–Kier alpha value is -5.02. The molecule has 7 aromatic rings. The van der Waals surface area contributed by atoms with Gasteiger partial charge >= 0.3 is 0 Å². The molecule has 0 aliphatic carbocycles. The first-order valence-electron chi connectivity index (χ1n) is 12.4. The maximum Gasteiger partial charge on any atom is 0.180 e. The fourth-order valence-corrected chi connectivity index (χ4v) is 5.49. The first-order chi connectivity index (χ1) is 18.3. The Kier molecular flexibility index (Phi) is 4.23. The summed E-state index contributed by atoms with van der Waals surface area (Å²) in [5, 5.41) is 4.61. The smallest absolute Gasteiger partial charge is 0.180 e. The minimum absolute atomic E-state index is 0.730. The van der Waals surface area contributed by atoms with E-state index in [0.29, 0.717) is 0 Å². The van der Waals surface area contributed by atoms with Gasteiger partial charge in [0.25, 0.3) is 0 Å². The standard InChI is InChI=1S/C34H21NO2/c1-2-8-22(9-3-1)25-15-17-28-27(21-25)33-29(35(28)26-16-14-23-10-4-5-11-24(23)20-26)18-19-32-34(33)37-31-13-7-6-12-30(31)36-32/h1-21H. The van der Waals surface area contributed by atoms with Crippen LogP contribution in [0.5, 0.6) is 23.0 Å². The Morgan fingerprint density at radius 2 is 1.19 bits per heavy atom. The maximum absolute atomic E-state index is 6.53. The zero-order chi connectivity index (χ0) is 24.3. The van der Waals surface area contributed by atoms with Crippen molar-refractivity contribution in [3.05, 3.63) is 127 Å². The van der Waals surface area contributed by atoms with Gasteiger partial charge in [0.2, 0.25) is 0 Å². The highest BCUT2D eigenvalue weighted by Crippen LogP contribution is 2.51. The molecule has 0 amide bonds. The molecule has 0 spiro atoms. The number of nitrogens with zero attached hydrogens (tertiary/aromatic N) is 1. The fourth-order valence-electron chi connectivity index (χ4n) is 5.49. The van der Waals surface area contributed by atoms with E-state index in [9.17, 15) is 0 Å². The molecule has 0 fully saturated rings. The lowest BCUT2D eigenvalue weighted by molar-refractivity contribution is 0.363. The van der Waals surface area contributed by atoms with Crippen molar-refractivity contribution in [3.8, 4) is 39.8 Å². The summed E-state index contributed by atoms with van der Waals surface area (Å²) >= 11 is 0. The van der Waals surface area contributed by atoms with Gasteiger partial charge in [-0.15, -0.1) is 0 Å². The summed E-state index contributed by atoms with van der Waals surface area (Å²) in [5.74, 6) is 2.95. The molecule has 3 nitrogen and oxygen atoms in total. The zero-order valence-electron chi connectivity index (χ0n) is 19.9. The van der Waals surface area contributed by atoms with Crippen LogP contribution in [0.2, 0.25) is 0 Å². The minimum Gasteiger partial charge on any atom is -0.449 e. The third-order valence-electron chi connectivity index (χ3n) is 7.23. The van der Waals surface area contributed by atoms with E-state index in [0.717, 1.165) is 50.5 Å². The van der Waals surface area contributed by atoms with E-state index in [4.69, 9.17) is 9.47 Å². The third-order valence-corrected chi connectivity index (χ3v) is 7.23. The number of aromatic nitrogens is 1. The van der Waals surface area contributed by atoms with Gasteiger partial charge in [-0.2, -0.15) is 0 Å². The van der Waals surface area contributed by atoms with Crippen LogP contribution >= 0.6 is 0 Å². The highest BCUT2D eigenvalue weighted by Gasteiger charge is 2.25. The van der Waals surface area contributed by atoms with Crippen LogP contribution in [0, 0.1) is 0 Å². The van der Waals surface area contributed by atoms with Crippen LogP contribution < -0.4 is 9.47 Å². The molecule has 8 rings (SSSR count). The van der Waals surface area contributed by atoms with Crippen molar-refractivity contribution in [3.63, 3.8) is 0 Å². The highest BCUT2D eigenvalue weighted by atomic mass is 16.6. The van der Waals surface area contributed by atoms with Crippen LogP contribution in [0.1, 0.15) is 0 Å². The molecule has 174 valence electrons. The quantitative estimate of drug-likeness (QED) is 0.248. The fraction of sp³-hybridized carbons (Fsp3) is 0.